The van der Waals surface area contributed by atoms with E-state index in [-0.39, 0.29) is 34.9 Å². The molecule has 0 saturated heterocycles. The van der Waals surface area contributed by atoms with Gasteiger partial charge in [0.2, 0.25) is 0 Å². The summed E-state index contributed by atoms with van der Waals surface area (Å²) in [7, 11) is 0. The van der Waals surface area contributed by atoms with Crippen LogP contribution in [-0.2, 0) is 17.5 Å². The summed E-state index contributed by atoms with van der Waals surface area (Å²) in [5, 5.41) is 13.9. The van der Waals surface area contributed by atoms with Gasteiger partial charge in [0.15, 0.2) is 5.13 Å². The largest absolute Gasteiger partial charge is 0.481 e. The molecule has 0 saturated carbocycles. The van der Waals surface area contributed by atoms with Gasteiger partial charge in [0.1, 0.15) is 5.82 Å². The third-order valence-electron chi connectivity index (χ3n) is 7.26. The second-order valence-electron chi connectivity index (χ2n) is 10.5. The topological polar surface area (TPSA) is 112 Å². The highest BCUT2D eigenvalue weighted by Gasteiger charge is 2.35. The number of hydrogen-bond donors (Lipinski definition) is 3. The monoisotopic (exact) mass is 640 g/mol. The molecule has 1 aromatic heterocycles. The Labute approximate surface area is 259 Å². The molecule has 0 spiro atoms. The molecule has 5 rings (SSSR count). The highest BCUT2D eigenvalue weighted by molar-refractivity contribution is 7.22. The molecule has 4 aromatic rings. The van der Waals surface area contributed by atoms with Crippen LogP contribution in [0.5, 0.6) is 0 Å². The van der Waals surface area contributed by atoms with Crippen molar-refractivity contribution in [2.24, 2.45) is 0 Å². The number of amides is 3. The normalized spacial score (nSPS) is 13.3. The van der Waals surface area contributed by atoms with E-state index in [1.165, 1.54) is 10.5 Å². The number of halogens is 4. The van der Waals surface area contributed by atoms with Crippen molar-refractivity contribution in [1.29, 1.82) is 0 Å². The van der Waals surface area contributed by atoms with E-state index in [4.69, 9.17) is 5.11 Å². The molecule has 3 N–H and O–H groups in total. The molecule has 8 nitrogen and oxygen atoms in total. The molecule has 0 atom stereocenters. The van der Waals surface area contributed by atoms with E-state index in [0.29, 0.717) is 28.9 Å². The molecule has 3 amide bonds. The van der Waals surface area contributed by atoms with Gasteiger partial charge in [-0.25, -0.2) is 14.2 Å². The number of thiazole rings is 1. The number of hydrogen-bond acceptors (Lipinski definition) is 5. The summed E-state index contributed by atoms with van der Waals surface area (Å²) >= 11 is 0.793. The maximum absolute atomic E-state index is 14.1. The van der Waals surface area contributed by atoms with Crippen molar-refractivity contribution in [3.63, 3.8) is 0 Å². The minimum Gasteiger partial charge on any atom is -0.481 e. The standard InChI is InChI=1S/C32H28F4N4O4S/c33-25-17-26-27(16-24(25)32(34,35)36)45-30(38-26)39-31(44)40(23-12-10-21(11-13-23)20-4-2-1-3-5-20)18-19-6-8-22(9-7-19)29(43)37-15-14-28(41)42/h4,6-13,16-17H,1-3,5,14-15,18H2,(H,37,43)(H,41,42)(H,38,39,44). The first-order chi connectivity index (χ1) is 21.5. The van der Waals surface area contributed by atoms with Crippen LogP contribution in [0.2, 0.25) is 0 Å². The average molecular weight is 641 g/mol. The zero-order valence-corrected chi connectivity index (χ0v) is 24.6. The maximum Gasteiger partial charge on any atom is 0.419 e. The Kier molecular flexibility index (Phi) is 9.47. The summed E-state index contributed by atoms with van der Waals surface area (Å²) in [5.41, 5.74) is 2.36. The van der Waals surface area contributed by atoms with E-state index in [1.54, 1.807) is 36.4 Å². The fourth-order valence-electron chi connectivity index (χ4n) is 4.94. The van der Waals surface area contributed by atoms with Gasteiger partial charge < -0.3 is 10.4 Å². The van der Waals surface area contributed by atoms with E-state index >= 15 is 0 Å². The van der Waals surface area contributed by atoms with Crippen LogP contribution in [0, 0.1) is 5.82 Å². The number of nitrogens with zero attached hydrogens (tertiary/aromatic N) is 2. The number of benzene rings is 3. The number of allylic oxidation sites excluding steroid dienone is 2. The number of carbonyl (C=O) groups is 3. The van der Waals surface area contributed by atoms with Crippen molar-refractivity contribution in [3.05, 3.63) is 94.8 Å². The van der Waals surface area contributed by atoms with Gasteiger partial charge in [-0.3, -0.25) is 19.8 Å². The molecular formula is C32H28F4N4O4S. The fraction of sp³-hybridized carbons (Fsp3) is 0.250. The molecule has 13 heteroatoms. The lowest BCUT2D eigenvalue weighted by molar-refractivity contribution is -0.140. The minimum absolute atomic E-state index is 0.00362. The fourth-order valence-corrected chi connectivity index (χ4v) is 5.82. The lowest BCUT2D eigenvalue weighted by atomic mass is 9.93. The molecule has 234 valence electrons. The Morgan fingerprint density at radius 2 is 1.73 bits per heavy atom. The van der Waals surface area contributed by atoms with Gasteiger partial charge in [0, 0.05) is 23.9 Å². The summed E-state index contributed by atoms with van der Waals surface area (Å²) in [4.78, 5) is 42.2. The number of fused-ring (bicyclic) bond motifs is 1. The van der Waals surface area contributed by atoms with Gasteiger partial charge in [-0.1, -0.05) is 41.7 Å². The van der Waals surface area contributed by atoms with E-state index in [2.05, 4.69) is 21.7 Å². The SMILES string of the molecule is O=C(O)CCNC(=O)c1ccc(CN(C(=O)Nc2nc3cc(F)c(C(F)(F)F)cc3s2)c2ccc(C3=CCCCC3)cc2)cc1. The van der Waals surface area contributed by atoms with Gasteiger partial charge in [-0.05, 0) is 72.7 Å². The number of carbonyl (C=O) groups excluding carboxylic acids is 2. The van der Waals surface area contributed by atoms with Crippen LogP contribution in [0.4, 0.5) is 33.2 Å². The van der Waals surface area contributed by atoms with Crippen LogP contribution in [0.15, 0.2) is 66.7 Å². The Bertz CT molecular complexity index is 1750. The van der Waals surface area contributed by atoms with E-state index in [1.807, 2.05) is 12.1 Å². The van der Waals surface area contributed by atoms with E-state index in [0.717, 1.165) is 42.6 Å². The van der Waals surface area contributed by atoms with Gasteiger partial charge in [0.25, 0.3) is 5.91 Å². The first kappa shape index (κ1) is 31.6. The molecule has 1 heterocycles. The maximum atomic E-state index is 14.1. The highest BCUT2D eigenvalue weighted by Crippen LogP contribution is 2.37. The van der Waals surface area contributed by atoms with Gasteiger partial charge in [-0.15, -0.1) is 0 Å². The number of carboxylic acid groups (broad SMARTS) is 1. The average Bonchev–Trinajstić information content (AvgIpc) is 3.40. The Balaban J connectivity index is 1.39. The summed E-state index contributed by atoms with van der Waals surface area (Å²) in [6.45, 7) is 0.0409. The summed E-state index contributed by atoms with van der Waals surface area (Å²) in [6.07, 6.45) is 1.35. The summed E-state index contributed by atoms with van der Waals surface area (Å²) in [5.74, 6) is -2.92. The quantitative estimate of drug-likeness (QED) is 0.161. The van der Waals surface area contributed by atoms with Crippen molar-refractivity contribution in [2.75, 3.05) is 16.8 Å². The third-order valence-corrected chi connectivity index (χ3v) is 8.20. The van der Waals surface area contributed by atoms with E-state index in [9.17, 15) is 31.9 Å². The van der Waals surface area contributed by atoms with E-state index < -0.39 is 35.5 Å². The number of aromatic nitrogens is 1. The molecule has 0 aliphatic heterocycles. The van der Waals surface area contributed by atoms with Crippen LogP contribution >= 0.6 is 11.3 Å². The van der Waals surface area contributed by atoms with Crippen LogP contribution in [-0.4, -0.2) is 34.5 Å². The molecule has 0 radical (unpaired) electrons. The van der Waals surface area contributed by atoms with Crippen LogP contribution < -0.4 is 15.5 Å². The van der Waals surface area contributed by atoms with Crippen LogP contribution in [0.1, 0.15) is 59.2 Å². The number of urea groups is 1. The number of rotatable bonds is 9. The number of anilines is 2. The number of aliphatic carboxylic acids is 1. The summed E-state index contributed by atoms with van der Waals surface area (Å²) < 4.78 is 53.8. The third kappa shape index (κ3) is 7.85. The molecule has 3 aromatic carbocycles. The zero-order chi connectivity index (χ0) is 32.1. The van der Waals surface area contributed by atoms with Crippen LogP contribution in [0.25, 0.3) is 15.8 Å². The summed E-state index contributed by atoms with van der Waals surface area (Å²) in [6, 6.07) is 14.6. The molecule has 45 heavy (non-hydrogen) atoms. The van der Waals surface area contributed by atoms with Crippen molar-refractivity contribution >= 4 is 55.9 Å². The number of nitrogens with one attached hydrogen (secondary N) is 2. The lowest BCUT2D eigenvalue weighted by Gasteiger charge is -2.23. The zero-order valence-electron chi connectivity index (χ0n) is 23.8. The predicted octanol–water partition coefficient (Wildman–Crippen LogP) is 7.85. The first-order valence-electron chi connectivity index (χ1n) is 14.1. The number of alkyl halides is 3. The minimum atomic E-state index is -4.88. The molecule has 1 aliphatic rings. The van der Waals surface area contributed by atoms with Crippen LogP contribution in [0.3, 0.4) is 0 Å². The van der Waals surface area contributed by atoms with Crippen molar-refractivity contribution in [1.82, 2.24) is 10.3 Å². The van der Waals surface area contributed by atoms with Gasteiger partial charge in [0.05, 0.1) is 28.7 Å². The van der Waals surface area contributed by atoms with Gasteiger partial charge in [-0.2, -0.15) is 13.2 Å². The smallest absolute Gasteiger partial charge is 0.419 e. The van der Waals surface area contributed by atoms with Crippen molar-refractivity contribution < 1.29 is 37.1 Å². The molecule has 1 aliphatic carbocycles. The predicted molar refractivity (Wildman–Crippen MR) is 164 cm³/mol. The van der Waals surface area contributed by atoms with Crippen molar-refractivity contribution in [3.8, 4) is 0 Å². The Morgan fingerprint density at radius 1 is 1.00 bits per heavy atom. The lowest BCUT2D eigenvalue weighted by Crippen LogP contribution is -2.34. The van der Waals surface area contributed by atoms with Gasteiger partial charge >= 0.3 is 18.2 Å². The Morgan fingerprint density at radius 3 is 2.38 bits per heavy atom. The van der Waals surface area contributed by atoms with Crippen molar-refractivity contribution in [2.45, 2.75) is 44.8 Å². The molecular weight excluding hydrogens is 612 g/mol. The molecule has 0 fully saturated rings. The highest BCUT2D eigenvalue weighted by atomic mass is 32.1. The molecule has 0 unspecified atom stereocenters. The first-order valence-corrected chi connectivity index (χ1v) is 14.9. The second kappa shape index (κ2) is 13.5. The Hall–Kier alpha value is -4.78. The second-order valence-corrected chi connectivity index (χ2v) is 11.5. The number of carboxylic acids is 1. The molecule has 0 bridgehead atoms.